The number of hydrogen-bond donors (Lipinski definition) is 1. The minimum atomic E-state index is -1.82. The Hall–Kier alpha value is -3.03. The maximum absolute atomic E-state index is 13.4. The first-order valence-electron chi connectivity index (χ1n) is 10.6. The highest BCUT2D eigenvalue weighted by Crippen LogP contribution is 2.40. The van der Waals surface area contributed by atoms with Crippen molar-refractivity contribution in [2.75, 3.05) is 13.7 Å². The van der Waals surface area contributed by atoms with Crippen LogP contribution in [-0.4, -0.2) is 34.3 Å². The molecule has 1 atom stereocenters. The molecule has 0 saturated carbocycles. The van der Waals surface area contributed by atoms with Crippen LogP contribution < -0.4 is 5.56 Å². The number of esters is 1. The van der Waals surface area contributed by atoms with Crippen molar-refractivity contribution in [2.45, 2.75) is 44.9 Å². The van der Waals surface area contributed by atoms with Gasteiger partial charge in [-0.2, -0.15) is 0 Å². The maximum atomic E-state index is 13.4. The number of carbonyl (C=O) groups is 1. The van der Waals surface area contributed by atoms with Crippen molar-refractivity contribution in [1.82, 2.24) is 9.55 Å². The lowest BCUT2D eigenvalue weighted by Crippen LogP contribution is -2.44. The van der Waals surface area contributed by atoms with Crippen molar-refractivity contribution in [1.29, 1.82) is 0 Å². The molecule has 0 unspecified atom stereocenters. The molecular weight excluding hydrogens is 396 g/mol. The fraction of sp³-hybridized carbons (Fsp3) is 0.375. The van der Waals surface area contributed by atoms with Crippen LogP contribution in [0.1, 0.15) is 42.0 Å². The van der Waals surface area contributed by atoms with Gasteiger partial charge in [-0.1, -0.05) is 25.1 Å². The molecule has 0 spiro atoms. The summed E-state index contributed by atoms with van der Waals surface area (Å²) >= 11 is 0. The SMILES string of the molecule is CC[C@@]1(O)C(=O)OCc2c1cc1n(c2=O)Cc2c-1nc1ccccc1c2CCCOC. The van der Waals surface area contributed by atoms with Crippen LogP contribution in [0.15, 0.2) is 35.1 Å². The zero-order valence-electron chi connectivity index (χ0n) is 17.6. The van der Waals surface area contributed by atoms with Crippen molar-refractivity contribution >= 4 is 16.9 Å². The Morgan fingerprint density at radius 1 is 1.26 bits per heavy atom. The molecule has 2 aliphatic heterocycles. The molecule has 0 amide bonds. The Balaban J connectivity index is 1.76. The van der Waals surface area contributed by atoms with E-state index in [4.69, 9.17) is 14.5 Å². The van der Waals surface area contributed by atoms with E-state index in [0.29, 0.717) is 30.0 Å². The first-order valence-corrected chi connectivity index (χ1v) is 10.6. The van der Waals surface area contributed by atoms with Gasteiger partial charge in [0, 0.05) is 30.2 Å². The van der Waals surface area contributed by atoms with Crippen LogP contribution in [0.2, 0.25) is 0 Å². The quantitative estimate of drug-likeness (QED) is 0.394. The Bertz CT molecular complexity index is 1280. The van der Waals surface area contributed by atoms with Gasteiger partial charge in [-0.05, 0) is 37.0 Å². The Morgan fingerprint density at radius 2 is 2.06 bits per heavy atom. The number of carbonyl (C=O) groups excluding carboxylic acids is 1. The van der Waals surface area contributed by atoms with Gasteiger partial charge in [-0.3, -0.25) is 4.79 Å². The predicted molar refractivity (Wildman–Crippen MR) is 115 cm³/mol. The van der Waals surface area contributed by atoms with E-state index >= 15 is 0 Å². The smallest absolute Gasteiger partial charge is 0.343 e. The highest BCUT2D eigenvalue weighted by molar-refractivity contribution is 5.89. The average molecular weight is 420 g/mol. The standard InChI is InChI=1S/C24H24N2O5/c1-3-24(29)18-11-20-21-16(12-26(20)22(27)17(18)13-31-23(24)28)14(8-6-10-30-2)15-7-4-5-9-19(15)25-21/h4-5,7,9,11,29H,3,6,8,10,12-13H2,1-2H3/t24-/m0/s1. The number of aliphatic hydroxyl groups is 1. The number of aryl methyl sites for hydroxylation is 1. The van der Waals surface area contributed by atoms with Gasteiger partial charge in [0.1, 0.15) is 6.61 Å². The third kappa shape index (κ3) is 2.84. The number of methoxy groups -OCH3 is 1. The van der Waals surface area contributed by atoms with Crippen molar-refractivity contribution in [3.05, 3.63) is 62.9 Å². The summed E-state index contributed by atoms with van der Waals surface area (Å²) in [6.45, 7) is 2.64. The molecule has 0 radical (unpaired) electrons. The van der Waals surface area contributed by atoms with Crippen LogP contribution in [0, 0.1) is 0 Å². The lowest BCUT2D eigenvalue weighted by Gasteiger charge is -2.31. The first kappa shape index (κ1) is 19.9. The normalized spacial score (nSPS) is 19.1. The molecule has 31 heavy (non-hydrogen) atoms. The van der Waals surface area contributed by atoms with E-state index in [1.807, 2.05) is 18.2 Å². The molecule has 160 valence electrons. The van der Waals surface area contributed by atoms with Crippen LogP contribution in [0.5, 0.6) is 0 Å². The molecule has 2 aliphatic rings. The molecule has 2 aromatic heterocycles. The fourth-order valence-corrected chi connectivity index (χ4v) is 4.79. The van der Waals surface area contributed by atoms with Gasteiger partial charge >= 0.3 is 5.97 Å². The van der Waals surface area contributed by atoms with Gasteiger partial charge in [0.15, 0.2) is 5.60 Å². The van der Waals surface area contributed by atoms with Crippen molar-refractivity contribution in [3.63, 3.8) is 0 Å². The molecule has 5 rings (SSSR count). The second-order valence-electron chi connectivity index (χ2n) is 8.13. The second-order valence-corrected chi connectivity index (χ2v) is 8.13. The zero-order chi connectivity index (χ0) is 21.8. The van der Waals surface area contributed by atoms with Crippen molar-refractivity contribution in [2.24, 2.45) is 0 Å². The molecule has 1 N–H and O–H groups in total. The third-order valence-corrected chi connectivity index (χ3v) is 6.49. The van der Waals surface area contributed by atoms with E-state index in [2.05, 4.69) is 6.07 Å². The molecule has 0 saturated heterocycles. The number of benzene rings is 1. The minimum absolute atomic E-state index is 0.123. The molecule has 7 nitrogen and oxygen atoms in total. The fourth-order valence-electron chi connectivity index (χ4n) is 4.79. The number of aromatic nitrogens is 2. The summed E-state index contributed by atoms with van der Waals surface area (Å²) in [5.41, 5.74) is 3.04. The molecule has 4 heterocycles. The number of ether oxygens (including phenoxy) is 2. The van der Waals surface area contributed by atoms with Crippen LogP contribution >= 0.6 is 0 Å². The van der Waals surface area contributed by atoms with E-state index in [9.17, 15) is 14.7 Å². The number of hydrogen-bond acceptors (Lipinski definition) is 6. The highest BCUT2D eigenvalue weighted by atomic mass is 16.6. The number of rotatable bonds is 5. The molecule has 7 heteroatoms. The van der Waals surface area contributed by atoms with Gasteiger partial charge < -0.3 is 19.1 Å². The molecule has 1 aromatic carbocycles. The summed E-state index contributed by atoms with van der Waals surface area (Å²) in [6, 6.07) is 9.72. The largest absolute Gasteiger partial charge is 0.458 e. The van der Waals surface area contributed by atoms with E-state index in [-0.39, 0.29) is 18.6 Å². The van der Waals surface area contributed by atoms with Gasteiger partial charge in [-0.25, -0.2) is 9.78 Å². The Labute approximate surface area is 179 Å². The summed E-state index contributed by atoms with van der Waals surface area (Å²) < 4.78 is 12.1. The van der Waals surface area contributed by atoms with E-state index in [1.54, 1.807) is 24.7 Å². The summed E-state index contributed by atoms with van der Waals surface area (Å²) in [5, 5.41) is 12.1. The maximum Gasteiger partial charge on any atom is 0.343 e. The Kier molecular flexibility index (Phi) is 4.68. The number of fused-ring (bicyclic) bond motifs is 5. The van der Waals surface area contributed by atoms with E-state index in [1.165, 1.54) is 0 Å². The number of cyclic esters (lactones) is 1. The summed E-state index contributed by atoms with van der Waals surface area (Å²) in [6.07, 6.45) is 1.79. The summed E-state index contributed by atoms with van der Waals surface area (Å²) in [4.78, 5) is 30.6. The van der Waals surface area contributed by atoms with Gasteiger partial charge in [-0.15, -0.1) is 0 Å². The Morgan fingerprint density at radius 3 is 2.84 bits per heavy atom. The first-order chi connectivity index (χ1) is 15.0. The highest BCUT2D eigenvalue weighted by Gasteiger charge is 2.45. The number of para-hydroxylation sites is 1. The van der Waals surface area contributed by atoms with Crippen LogP contribution in [0.4, 0.5) is 0 Å². The van der Waals surface area contributed by atoms with Gasteiger partial charge in [0.05, 0.1) is 29.0 Å². The topological polar surface area (TPSA) is 90.7 Å². The zero-order valence-corrected chi connectivity index (χ0v) is 17.6. The number of pyridine rings is 2. The van der Waals surface area contributed by atoms with E-state index < -0.39 is 11.6 Å². The van der Waals surface area contributed by atoms with Crippen LogP contribution in [-0.2, 0) is 39.4 Å². The molecule has 0 bridgehead atoms. The molecular formula is C24H24N2O5. The van der Waals surface area contributed by atoms with Gasteiger partial charge in [0.2, 0.25) is 0 Å². The predicted octanol–water partition coefficient (Wildman–Crippen LogP) is 2.66. The summed E-state index contributed by atoms with van der Waals surface area (Å²) in [5.74, 6) is -0.711. The number of nitrogens with zero attached hydrogens (tertiary/aromatic N) is 2. The van der Waals surface area contributed by atoms with Crippen molar-refractivity contribution in [3.8, 4) is 11.4 Å². The van der Waals surface area contributed by atoms with Crippen molar-refractivity contribution < 1.29 is 19.4 Å². The van der Waals surface area contributed by atoms with Crippen LogP contribution in [0.25, 0.3) is 22.3 Å². The van der Waals surface area contributed by atoms with Crippen LogP contribution in [0.3, 0.4) is 0 Å². The molecule has 3 aromatic rings. The lowest BCUT2D eigenvalue weighted by molar-refractivity contribution is -0.172. The van der Waals surface area contributed by atoms with Gasteiger partial charge in [0.25, 0.3) is 5.56 Å². The van der Waals surface area contributed by atoms with E-state index in [0.717, 1.165) is 40.6 Å². The lowest BCUT2D eigenvalue weighted by atomic mass is 9.86. The monoisotopic (exact) mass is 420 g/mol. The molecule has 0 aliphatic carbocycles. The third-order valence-electron chi connectivity index (χ3n) is 6.49. The average Bonchev–Trinajstić information content (AvgIpc) is 3.15. The molecule has 0 fully saturated rings. The second kappa shape index (κ2) is 7.28. The summed E-state index contributed by atoms with van der Waals surface area (Å²) in [7, 11) is 1.69. The minimum Gasteiger partial charge on any atom is -0.458 e.